The first-order chi connectivity index (χ1) is 36.0. The van der Waals surface area contributed by atoms with Crippen molar-refractivity contribution >= 4 is 64.6 Å². The lowest BCUT2D eigenvalue weighted by Crippen LogP contribution is -2.59. The third kappa shape index (κ3) is 6.90. The van der Waals surface area contributed by atoms with Crippen molar-refractivity contribution in [3.63, 3.8) is 0 Å². The molecule has 342 valence electrons. The summed E-state index contributed by atoms with van der Waals surface area (Å²) in [6.07, 6.45) is 0. The Morgan fingerprint density at radius 1 is 0.425 bits per heavy atom. The van der Waals surface area contributed by atoms with Crippen LogP contribution in [-0.4, -0.2) is 33.8 Å². The number of anilines is 3. The zero-order valence-corrected chi connectivity index (χ0v) is 40.0. The van der Waals surface area contributed by atoms with Gasteiger partial charge in [-0.05, 0) is 110 Å². The molecule has 2 aliphatic heterocycles. The van der Waals surface area contributed by atoms with Gasteiger partial charge in [0.05, 0.1) is 5.41 Å². The van der Waals surface area contributed by atoms with Crippen molar-refractivity contribution < 1.29 is 9.68 Å². The minimum absolute atomic E-state index is 0.105. The van der Waals surface area contributed by atoms with Gasteiger partial charge in [0.1, 0.15) is 5.75 Å². The molecule has 14 rings (SSSR count). The van der Waals surface area contributed by atoms with Gasteiger partial charge >= 0.3 is 7.12 Å². The van der Waals surface area contributed by atoms with E-state index in [1.165, 1.54) is 60.9 Å². The fraction of sp³-hybridized carbons (Fsp3) is 0.0156. The van der Waals surface area contributed by atoms with Gasteiger partial charge in [0.25, 0.3) is 0 Å². The zero-order chi connectivity index (χ0) is 48.6. The fourth-order valence-corrected chi connectivity index (χ4v) is 12.0. The molecule has 0 amide bonds. The van der Waals surface area contributed by atoms with Gasteiger partial charge in [-0.25, -0.2) is 15.0 Å². The molecule has 10 aromatic carbocycles. The van der Waals surface area contributed by atoms with Crippen molar-refractivity contribution in [2.24, 2.45) is 0 Å². The van der Waals surface area contributed by atoms with Crippen molar-refractivity contribution in [3.8, 4) is 61.9 Å². The topological polar surface area (TPSA) is 71.4 Å². The Balaban J connectivity index is 0.837. The first kappa shape index (κ1) is 43.0. The molecule has 11 aromatic rings. The van der Waals surface area contributed by atoms with Crippen LogP contribution in [0, 0.1) is 0 Å². The molecule has 73 heavy (non-hydrogen) atoms. The number of nitrogens with zero attached hydrogens (tertiary/aromatic N) is 4. The van der Waals surface area contributed by atoms with Gasteiger partial charge in [0.2, 0.25) is 6.71 Å². The van der Waals surface area contributed by atoms with E-state index in [-0.39, 0.29) is 12.4 Å². The lowest BCUT2D eigenvalue weighted by molar-refractivity contribution is 0.429. The quantitative estimate of drug-likeness (QED) is 0.145. The van der Waals surface area contributed by atoms with Gasteiger partial charge in [-0.1, -0.05) is 210 Å². The van der Waals surface area contributed by atoms with Crippen LogP contribution in [0.4, 0.5) is 17.1 Å². The second kappa shape index (κ2) is 17.2. The molecule has 0 fully saturated rings. The third-order valence-corrected chi connectivity index (χ3v) is 15.1. The highest BCUT2D eigenvalue weighted by Gasteiger charge is 2.54. The van der Waals surface area contributed by atoms with E-state index in [4.69, 9.17) is 31.2 Å². The molecule has 1 aromatic heterocycles. The molecule has 1 spiro atoms. The van der Waals surface area contributed by atoms with Crippen LogP contribution in [0.25, 0.3) is 56.2 Å². The van der Waals surface area contributed by atoms with Crippen LogP contribution in [0.3, 0.4) is 0 Å². The summed E-state index contributed by atoms with van der Waals surface area (Å²) < 4.78 is 6.28. The summed E-state index contributed by atoms with van der Waals surface area (Å²) >= 11 is 7.00. The van der Waals surface area contributed by atoms with Crippen LogP contribution in [-0.2, 0) is 5.41 Å². The minimum Gasteiger partial charge on any atom is -0.530 e. The number of hydrogen-bond acceptors (Lipinski definition) is 6. The van der Waals surface area contributed by atoms with Crippen molar-refractivity contribution in [3.05, 3.63) is 270 Å². The zero-order valence-electron chi connectivity index (χ0n) is 39.3. The van der Waals surface area contributed by atoms with Crippen molar-refractivity contribution in [1.82, 2.24) is 15.0 Å². The summed E-state index contributed by atoms with van der Waals surface area (Å²) in [7, 11) is -1.48. The molecule has 1 aliphatic carbocycles. The monoisotopic (exact) mass is 954 g/mol. The lowest BCUT2D eigenvalue weighted by atomic mass is 9.32. The van der Waals surface area contributed by atoms with Gasteiger partial charge in [-0.3, -0.25) is 0 Å². The summed E-state index contributed by atoms with van der Waals surface area (Å²) in [4.78, 5) is 16.3. The normalized spacial score (nSPS) is 14.2. The van der Waals surface area contributed by atoms with Crippen LogP contribution in [0.1, 0.15) is 22.3 Å². The van der Waals surface area contributed by atoms with Crippen molar-refractivity contribution in [1.29, 1.82) is 0 Å². The summed E-state index contributed by atoms with van der Waals surface area (Å²) in [6, 6.07) is 84.5. The average Bonchev–Trinajstić information content (AvgIpc) is 3.94. The molecule has 0 saturated carbocycles. The molecule has 3 heterocycles. The molecule has 0 bridgehead atoms. The van der Waals surface area contributed by atoms with E-state index in [1.54, 1.807) is 0 Å². The number of fused-ring (bicyclic) bond motifs is 12. The van der Waals surface area contributed by atoms with Crippen molar-refractivity contribution in [2.45, 2.75) is 5.41 Å². The maximum atomic E-state index is 11.7. The predicted molar refractivity (Wildman–Crippen MR) is 298 cm³/mol. The first-order valence-electron chi connectivity index (χ1n) is 24.6. The Morgan fingerprint density at radius 2 is 0.986 bits per heavy atom. The van der Waals surface area contributed by atoms with Gasteiger partial charge in [-0.15, -0.1) is 0 Å². The molecule has 6 nitrogen and oxygen atoms in total. The molecule has 3 aliphatic rings. The smallest absolute Gasteiger partial charge is 0.530 e. The van der Waals surface area contributed by atoms with E-state index >= 15 is 0 Å². The van der Waals surface area contributed by atoms with Crippen LogP contribution in [0.15, 0.2) is 243 Å². The highest BCUT2D eigenvalue weighted by molar-refractivity contribution is 7.00. The van der Waals surface area contributed by atoms with Crippen LogP contribution < -0.4 is 31.7 Å². The highest BCUT2D eigenvalue weighted by Crippen LogP contribution is 2.58. The fourth-order valence-electron chi connectivity index (χ4n) is 11.8. The van der Waals surface area contributed by atoms with E-state index < -0.39 is 12.5 Å². The van der Waals surface area contributed by atoms with Gasteiger partial charge in [0.15, 0.2) is 17.4 Å². The molecule has 1 N–H and O–H groups in total. The van der Waals surface area contributed by atoms with Gasteiger partial charge in [0, 0.05) is 39.3 Å². The molecule has 1 atom stereocenters. The van der Waals surface area contributed by atoms with Crippen molar-refractivity contribution in [2.75, 3.05) is 4.90 Å². The number of rotatable bonds is 9. The number of hydrogen-bond donors (Lipinski definition) is 1. The summed E-state index contributed by atoms with van der Waals surface area (Å²) in [6.45, 7) is 0.147. The molecule has 0 saturated heterocycles. The Labute approximate surface area is 429 Å². The molecule has 0 radical (unpaired) electrons. The predicted octanol–water partition coefficient (Wildman–Crippen LogP) is 11.9. The summed E-state index contributed by atoms with van der Waals surface area (Å²) in [5, 5.41) is 12.4. The number of benzene rings is 10. The highest BCUT2D eigenvalue weighted by atomic mass is 35.5. The lowest BCUT2D eigenvalue weighted by Gasteiger charge is -2.42. The Hall–Kier alpha value is -8.81. The van der Waals surface area contributed by atoms with Gasteiger partial charge in [-0.2, -0.15) is 0 Å². The van der Waals surface area contributed by atoms with Crippen LogP contribution in [0.5, 0.6) is 5.75 Å². The Bertz CT molecular complexity index is 3900. The van der Waals surface area contributed by atoms with Crippen LogP contribution in [0.2, 0.25) is 5.02 Å². The van der Waals surface area contributed by atoms with Gasteiger partial charge < -0.3 is 14.6 Å². The van der Waals surface area contributed by atoms with E-state index in [9.17, 15) is 5.02 Å². The second-order valence-electron chi connectivity index (χ2n) is 18.8. The maximum absolute atomic E-state index is 11.7. The van der Waals surface area contributed by atoms with E-state index in [1.807, 2.05) is 109 Å². The number of aromatic nitrogens is 3. The summed E-state index contributed by atoms with van der Waals surface area (Å²) in [5.74, 6) is 1.33. The van der Waals surface area contributed by atoms with Crippen LogP contribution >= 0.6 is 11.6 Å². The van der Waals surface area contributed by atoms with E-state index in [2.05, 4.69) is 138 Å². The molecule has 9 heteroatoms. The number of para-hydroxylation sites is 1. The van der Waals surface area contributed by atoms with E-state index in [0.29, 0.717) is 17.4 Å². The summed E-state index contributed by atoms with van der Waals surface area (Å²) in [5.41, 5.74) is 20.4. The Kier molecular flexibility index (Phi) is 10.1. The molecule has 1 unspecified atom stereocenters. The molecular weight excluding hydrogens is 914 g/mol. The standard InChI is InChI=1S/C64H41B2ClN4O2/c67-45-33-37-51-50-36-32-44(38-56(50)64(57(51)39-45)54-26-11-13-29-59(54)65-58-28-12-10-24-52(58)53-25-15-27-55(64)60(53)65)41-30-34-47(35-31-41)71(46-20-8-3-9-21-46)48-22-14-23-49(40-48)73-66(72)63-69-61(42-16-4-1-5-17-42)68-62(70-63)43-18-6-2-7-19-43/h1-40,72H. The number of halogens is 1. The first-order valence-corrected chi connectivity index (χ1v) is 24.9. The molecular formula is C64H41B2ClN4O2. The maximum Gasteiger partial charge on any atom is 0.600 e. The Morgan fingerprint density at radius 3 is 1.73 bits per heavy atom. The third-order valence-electron chi connectivity index (χ3n) is 14.9. The minimum atomic E-state index is -1.48. The SMILES string of the molecule is OB(Oc1cccc(N(c2ccccc2)c2ccc(-c3ccc4c(c3)C3(c5ccccc5B5c6ccccc6-c6cccc3c65)c3cc(Cl)ccc3-4)cc2)c1)c1nc(-c2ccccc2)nc(-c2ccccc2)n1. The average molecular weight is 955 g/mol. The largest absolute Gasteiger partial charge is 0.600 e. The second-order valence-corrected chi connectivity index (χ2v) is 19.3. The van der Waals surface area contributed by atoms with E-state index in [0.717, 1.165) is 44.3 Å².